The van der Waals surface area contributed by atoms with Gasteiger partial charge in [-0.1, -0.05) is 12.1 Å². The molecule has 0 bridgehead atoms. The summed E-state index contributed by atoms with van der Waals surface area (Å²) in [5, 5.41) is 2.86. The summed E-state index contributed by atoms with van der Waals surface area (Å²) < 4.78 is 0. The molecule has 0 aromatic heterocycles. The molecular weight excluding hydrogens is 282 g/mol. The summed E-state index contributed by atoms with van der Waals surface area (Å²) in [6, 6.07) is 7.90. The molecular formula is C16H27N3OS. The van der Waals surface area contributed by atoms with Crippen LogP contribution in [0.25, 0.3) is 0 Å². The van der Waals surface area contributed by atoms with E-state index in [1.54, 1.807) is 6.07 Å². The van der Waals surface area contributed by atoms with Crippen molar-refractivity contribution in [2.75, 3.05) is 36.7 Å². The largest absolute Gasteiger partial charge is 0.397 e. The van der Waals surface area contributed by atoms with Gasteiger partial charge in [-0.25, -0.2) is 0 Å². The molecule has 4 nitrogen and oxygen atoms in total. The van der Waals surface area contributed by atoms with Crippen molar-refractivity contribution in [1.82, 2.24) is 4.90 Å². The quantitative estimate of drug-likeness (QED) is 0.688. The van der Waals surface area contributed by atoms with Crippen molar-refractivity contribution in [3.8, 4) is 0 Å². The lowest BCUT2D eigenvalue weighted by atomic mass is 10.2. The van der Waals surface area contributed by atoms with Gasteiger partial charge in [0.15, 0.2) is 0 Å². The first kappa shape index (κ1) is 17.9. The lowest BCUT2D eigenvalue weighted by molar-refractivity contribution is -0.116. The predicted octanol–water partition coefficient (Wildman–Crippen LogP) is 3.06. The van der Waals surface area contributed by atoms with Crippen LogP contribution < -0.4 is 11.1 Å². The van der Waals surface area contributed by atoms with Crippen molar-refractivity contribution >= 4 is 29.0 Å². The number of rotatable bonds is 9. The fourth-order valence-electron chi connectivity index (χ4n) is 2.04. The first-order valence-corrected chi connectivity index (χ1v) is 8.77. The third-order valence-electron chi connectivity index (χ3n) is 3.64. The molecule has 5 heteroatoms. The Balaban J connectivity index is 2.26. The van der Waals surface area contributed by atoms with Gasteiger partial charge in [-0.05, 0) is 57.5 Å². The Kier molecular flexibility index (Phi) is 8.23. The van der Waals surface area contributed by atoms with Crippen molar-refractivity contribution < 1.29 is 4.79 Å². The number of hydrogen-bond donors (Lipinski definition) is 2. The average Bonchev–Trinajstić information content (AvgIpc) is 2.47. The maximum absolute atomic E-state index is 11.9. The minimum Gasteiger partial charge on any atom is -0.397 e. The van der Waals surface area contributed by atoms with E-state index in [-0.39, 0.29) is 5.91 Å². The number of nitrogens with one attached hydrogen (secondary N) is 1. The standard InChI is InChI=1S/C16H27N3OS/c1-13(10-12-21-3)19(2)11-6-9-16(20)18-15-8-5-4-7-14(15)17/h4-5,7-8,13H,6,9-12,17H2,1-3H3,(H,18,20). The topological polar surface area (TPSA) is 58.4 Å². The van der Waals surface area contributed by atoms with E-state index in [1.807, 2.05) is 30.0 Å². The lowest BCUT2D eigenvalue weighted by Crippen LogP contribution is -2.31. The van der Waals surface area contributed by atoms with Gasteiger partial charge in [-0.15, -0.1) is 0 Å². The molecule has 0 aliphatic carbocycles. The summed E-state index contributed by atoms with van der Waals surface area (Å²) in [4.78, 5) is 14.2. The summed E-state index contributed by atoms with van der Waals surface area (Å²) in [7, 11) is 2.12. The number of carbonyl (C=O) groups excluding carboxylic acids is 1. The summed E-state index contributed by atoms with van der Waals surface area (Å²) in [5.41, 5.74) is 7.11. The second-order valence-electron chi connectivity index (χ2n) is 5.35. The molecule has 0 fully saturated rings. The first-order chi connectivity index (χ1) is 10.0. The van der Waals surface area contributed by atoms with E-state index < -0.39 is 0 Å². The van der Waals surface area contributed by atoms with Crippen LogP contribution in [0.5, 0.6) is 0 Å². The molecule has 1 rings (SSSR count). The summed E-state index contributed by atoms with van der Waals surface area (Å²) in [6.07, 6.45) is 4.70. The summed E-state index contributed by atoms with van der Waals surface area (Å²) in [6.45, 7) is 3.17. The van der Waals surface area contributed by atoms with Crippen LogP contribution >= 0.6 is 11.8 Å². The number of carbonyl (C=O) groups is 1. The molecule has 1 aromatic carbocycles. The highest BCUT2D eigenvalue weighted by atomic mass is 32.2. The fourth-order valence-corrected chi connectivity index (χ4v) is 2.62. The number of hydrogen-bond acceptors (Lipinski definition) is 4. The Morgan fingerprint density at radius 3 is 2.81 bits per heavy atom. The molecule has 1 aromatic rings. The highest BCUT2D eigenvalue weighted by molar-refractivity contribution is 7.98. The number of para-hydroxylation sites is 2. The van der Waals surface area contributed by atoms with Crippen LogP contribution in [-0.2, 0) is 4.79 Å². The second-order valence-corrected chi connectivity index (χ2v) is 6.34. The number of nitrogens with zero attached hydrogens (tertiary/aromatic N) is 1. The number of thioether (sulfide) groups is 1. The number of nitrogen functional groups attached to an aromatic ring is 1. The third kappa shape index (κ3) is 6.87. The molecule has 0 aliphatic rings. The number of anilines is 2. The Hall–Kier alpha value is -1.20. The summed E-state index contributed by atoms with van der Waals surface area (Å²) in [5.74, 6) is 1.21. The number of nitrogens with two attached hydrogens (primary N) is 1. The van der Waals surface area contributed by atoms with Crippen LogP contribution in [0.4, 0.5) is 11.4 Å². The molecule has 118 valence electrons. The maximum atomic E-state index is 11.9. The van der Waals surface area contributed by atoms with Crippen molar-refractivity contribution in [2.24, 2.45) is 0 Å². The second kappa shape index (κ2) is 9.68. The molecule has 0 saturated carbocycles. The van der Waals surface area contributed by atoms with Gasteiger partial charge in [-0.3, -0.25) is 4.79 Å². The predicted molar refractivity (Wildman–Crippen MR) is 93.8 cm³/mol. The number of amides is 1. The monoisotopic (exact) mass is 309 g/mol. The average molecular weight is 309 g/mol. The highest BCUT2D eigenvalue weighted by Crippen LogP contribution is 2.17. The minimum absolute atomic E-state index is 0.0260. The van der Waals surface area contributed by atoms with Crippen LogP contribution in [0.3, 0.4) is 0 Å². The van der Waals surface area contributed by atoms with Gasteiger partial charge < -0.3 is 16.0 Å². The Bertz CT molecular complexity index is 439. The van der Waals surface area contributed by atoms with Gasteiger partial charge in [-0.2, -0.15) is 11.8 Å². The Morgan fingerprint density at radius 2 is 2.14 bits per heavy atom. The van der Waals surface area contributed by atoms with E-state index >= 15 is 0 Å². The molecule has 21 heavy (non-hydrogen) atoms. The van der Waals surface area contributed by atoms with Crippen molar-refractivity contribution in [3.63, 3.8) is 0 Å². The third-order valence-corrected chi connectivity index (χ3v) is 4.29. The SMILES string of the molecule is CSCCC(C)N(C)CCCC(=O)Nc1ccccc1N. The minimum atomic E-state index is 0.0260. The van der Waals surface area contributed by atoms with Crippen molar-refractivity contribution in [3.05, 3.63) is 24.3 Å². The van der Waals surface area contributed by atoms with E-state index in [0.29, 0.717) is 23.8 Å². The molecule has 0 saturated heterocycles. The number of benzene rings is 1. The molecule has 3 N–H and O–H groups in total. The van der Waals surface area contributed by atoms with E-state index in [4.69, 9.17) is 5.73 Å². The van der Waals surface area contributed by atoms with Gasteiger partial charge in [0.25, 0.3) is 0 Å². The Morgan fingerprint density at radius 1 is 1.43 bits per heavy atom. The Labute approximate surface area is 132 Å². The molecule has 1 amide bonds. The van der Waals surface area contributed by atoms with Crippen LogP contribution in [0.1, 0.15) is 26.2 Å². The van der Waals surface area contributed by atoms with Crippen LogP contribution in [0.15, 0.2) is 24.3 Å². The van der Waals surface area contributed by atoms with Gasteiger partial charge in [0.05, 0.1) is 11.4 Å². The van der Waals surface area contributed by atoms with E-state index in [9.17, 15) is 4.79 Å². The molecule has 0 aliphatic heterocycles. The van der Waals surface area contributed by atoms with E-state index in [2.05, 4.69) is 30.4 Å². The highest BCUT2D eigenvalue weighted by Gasteiger charge is 2.10. The zero-order valence-electron chi connectivity index (χ0n) is 13.3. The maximum Gasteiger partial charge on any atom is 0.224 e. The zero-order chi connectivity index (χ0) is 15.7. The smallest absolute Gasteiger partial charge is 0.224 e. The van der Waals surface area contributed by atoms with Gasteiger partial charge in [0.1, 0.15) is 0 Å². The van der Waals surface area contributed by atoms with Crippen LogP contribution in [-0.4, -0.2) is 42.4 Å². The molecule has 1 atom stereocenters. The van der Waals surface area contributed by atoms with Gasteiger partial charge in [0, 0.05) is 12.5 Å². The van der Waals surface area contributed by atoms with Crippen molar-refractivity contribution in [1.29, 1.82) is 0 Å². The van der Waals surface area contributed by atoms with Crippen LogP contribution in [0.2, 0.25) is 0 Å². The molecule has 0 heterocycles. The van der Waals surface area contributed by atoms with Crippen molar-refractivity contribution in [2.45, 2.75) is 32.2 Å². The first-order valence-electron chi connectivity index (χ1n) is 7.38. The van der Waals surface area contributed by atoms with Gasteiger partial charge in [0.2, 0.25) is 5.91 Å². The molecule has 1 unspecified atom stereocenters. The normalized spacial score (nSPS) is 12.4. The fraction of sp³-hybridized carbons (Fsp3) is 0.562. The van der Waals surface area contributed by atoms with Gasteiger partial charge >= 0.3 is 0 Å². The van der Waals surface area contributed by atoms with E-state index in [1.165, 1.54) is 12.2 Å². The van der Waals surface area contributed by atoms with Crippen LogP contribution in [0, 0.1) is 0 Å². The van der Waals surface area contributed by atoms with E-state index in [0.717, 1.165) is 13.0 Å². The summed E-state index contributed by atoms with van der Waals surface area (Å²) >= 11 is 1.88. The zero-order valence-corrected chi connectivity index (χ0v) is 14.1. The molecule has 0 radical (unpaired) electrons. The molecule has 0 spiro atoms. The lowest BCUT2D eigenvalue weighted by Gasteiger charge is -2.24.